The van der Waals surface area contributed by atoms with Crippen LogP contribution in [0, 0.1) is 0 Å². The molecule has 1 aromatic carbocycles. The van der Waals surface area contributed by atoms with Crippen molar-refractivity contribution >= 4 is 23.6 Å². The van der Waals surface area contributed by atoms with Crippen LogP contribution in [0.3, 0.4) is 0 Å². The van der Waals surface area contributed by atoms with E-state index in [1.165, 1.54) is 4.90 Å². The van der Waals surface area contributed by atoms with Gasteiger partial charge < -0.3 is 10.2 Å². The highest BCUT2D eigenvalue weighted by atomic mass is 16.2. The maximum absolute atomic E-state index is 12.5. The summed E-state index contributed by atoms with van der Waals surface area (Å²) in [6.07, 6.45) is 0.486. The van der Waals surface area contributed by atoms with Gasteiger partial charge in [0.15, 0.2) is 0 Å². The maximum Gasteiger partial charge on any atom is 0.262 e. The lowest BCUT2D eigenvalue weighted by atomic mass is 10.1. The summed E-state index contributed by atoms with van der Waals surface area (Å²) in [5.41, 5.74) is 0.627. The smallest absolute Gasteiger partial charge is 0.262 e. The number of imide groups is 1. The number of piperazine rings is 1. The molecule has 4 amide bonds. The standard InChI is InChI=1S/C16H17N3O4/c1-2-12-14(21)17-7-8-18(12)13(20)9-19-15(22)10-5-3-4-6-11(10)16(19)23/h3-6,12H,2,7-9H2,1H3,(H,17,21). The number of rotatable bonds is 3. The van der Waals surface area contributed by atoms with Crippen LogP contribution >= 0.6 is 0 Å². The quantitative estimate of drug-likeness (QED) is 0.797. The minimum Gasteiger partial charge on any atom is -0.353 e. The fourth-order valence-corrected chi connectivity index (χ4v) is 3.03. The topological polar surface area (TPSA) is 86.8 Å². The Morgan fingerprint density at radius 2 is 1.78 bits per heavy atom. The van der Waals surface area contributed by atoms with Crippen molar-refractivity contribution < 1.29 is 19.2 Å². The first-order chi connectivity index (χ1) is 11.0. The summed E-state index contributed by atoms with van der Waals surface area (Å²) in [6, 6.07) is 5.95. The predicted molar refractivity (Wildman–Crippen MR) is 80.6 cm³/mol. The third-order valence-electron chi connectivity index (χ3n) is 4.21. The molecule has 1 saturated heterocycles. The van der Waals surface area contributed by atoms with Crippen LogP contribution in [0.25, 0.3) is 0 Å². The van der Waals surface area contributed by atoms with Crippen LogP contribution in [0.15, 0.2) is 24.3 Å². The van der Waals surface area contributed by atoms with Gasteiger partial charge in [-0.3, -0.25) is 24.1 Å². The van der Waals surface area contributed by atoms with Crippen molar-refractivity contribution in [3.8, 4) is 0 Å². The number of carbonyl (C=O) groups is 4. The summed E-state index contributed by atoms with van der Waals surface area (Å²) < 4.78 is 0. The van der Waals surface area contributed by atoms with E-state index in [0.717, 1.165) is 4.90 Å². The zero-order valence-corrected chi connectivity index (χ0v) is 12.7. The van der Waals surface area contributed by atoms with E-state index in [-0.39, 0.29) is 18.4 Å². The van der Waals surface area contributed by atoms with Crippen LogP contribution in [0.4, 0.5) is 0 Å². The van der Waals surface area contributed by atoms with Gasteiger partial charge >= 0.3 is 0 Å². The van der Waals surface area contributed by atoms with Gasteiger partial charge in [0.1, 0.15) is 12.6 Å². The summed E-state index contributed by atoms with van der Waals surface area (Å²) in [5, 5.41) is 2.71. The minimum absolute atomic E-state index is 0.200. The average molecular weight is 315 g/mol. The summed E-state index contributed by atoms with van der Waals surface area (Å²) in [5.74, 6) is -1.52. The Morgan fingerprint density at radius 1 is 1.17 bits per heavy atom. The number of nitrogens with one attached hydrogen (secondary N) is 1. The summed E-state index contributed by atoms with van der Waals surface area (Å²) >= 11 is 0. The zero-order valence-electron chi connectivity index (χ0n) is 12.7. The molecule has 7 nitrogen and oxygen atoms in total. The zero-order chi connectivity index (χ0) is 16.6. The van der Waals surface area contributed by atoms with Gasteiger partial charge in [-0.15, -0.1) is 0 Å². The van der Waals surface area contributed by atoms with Crippen LogP contribution in [0.1, 0.15) is 34.1 Å². The van der Waals surface area contributed by atoms with Crippen molar-refractivity contribution in [1.82, 2.24) is 15.1 Å². The second kappa shape index (κ2) is 5.83. The normalized spacial score (nSPS) is 20.6. The van der Waals surface area contributed by atoms with Crippen LogP contribution in [0.2, 0.25) is 0 Å². The van der Waals surface area contributed by atoms with Gasteiger partial charge in [-0.05, 0) is 18.6 Å². The number of fused-ring (bicyclic) bond motifs is 1. The molecule has 0 spiro atoms. The van der Waals surface area contributed by atoms with Gasteiger partial charge in [-0.25, -0.2) is 0 Å². The van der Waals surface area contributed by atoms with Gasteiger partial charge in [0.25, 0.3) is 11.8 Å². The Bertz CT molecular complexity index is 665. The fraction of sp³-hybridized carbons (Fsp3) is 0.375. The number of amides is 4. The first kappa shape index (κ1) is 15.2. The SMILES string of the molecule is CCC1C(=O)NCCN1C(=O)CN1C(=O)c2ccccc2C1=O. The van der Waals surface area contributed by atoms with Crippen molar-refractivity contribution in [2.75, 3.05) is 19.6 Å². The van der Waals surface area contributed by atoms with E-state index in [9.17, 15) is 19.2 Å². The van der Waals surface area contributed by atoms with Crippen molar-refractivity contribution in [2.24, 2.45) is 0 Å². The number of hydrogen-bond acceptors (Lipinski definition) is 4. The van der Waals surface area contributed by atoms with Crippen molar-refractivity contribution in [2.45, 2.75) is 19.4 Å². The molecule has 7 heteroatoms. The Morgan fingerprint density at radius 3 is 2.35 bits per heavy atom. The van der Waals surface area contributed by atoms with Gasteiger partial charge in [0.05, 0.1) is 11.1 Å². The molecule has 2 aliphatic heterocycles. The molecule has 120 valence electrons. The van der Waals surface area contributed by atoms with Gasteiger partial charge in [-0.2, -0.15) is 0 Å². The van der Waals surface area contributed by atoms with E-state index >= 15 is 0 Å². The van der Waals surface area contributed by atoms with Gasteiger partial charge in [0.2, 0.25) is 11.8 Å². The van der Waals surface area contributed by atoms with Crippen LogP contribution in [-0.2, 0) is 9.59 Å². The second-order valence-corrected chi connectivity index (χ2v) is 5.54. The molecule has 1 fully saturated rings. The van der Waals surface area contributed by atoms with E-state index in [2.05, 4.69) is 5.32 Å². The molecule has 1 unspecified atom stereocenters. The van der Waals surface area contributed by atoms with E-state index < -0.39 is 17.9 Å². The van der Waals surface area contributed by atoms with Crippen LogP contribution in [-0.4, -0.2) is 59.1 Å². The Hall–Kier alpha value is -2.70. The molecule has 23 heavy (non-hydrogen) atoms. The lowest BCUT2D eigenvalue weighted by molar-refractivity contribution is -0.143. The van der Waals surface area contributed by atoms with E-state index in [1.54, 1.807) is 24.3 Å². The Balaban J connectivity index is 1.77. The summed E-state index contributed by atoms with van der Waals surface area (Å²) in [4.78, 5) is 51.3. The molecular formula is C16H17N3O4. The first-order valence-corrected chi connectivity index (χ1v) is 7.57. The number of carbonyl (C=O) groups excluding carboxylic acids is 4. The third-order valence-corrected chi connectivity index (χ3v) is 4.21. The molecule has 0 bridgehead atoms. The number of nitrogens with zero attached hydrogens (tertiary/aromatic N) is 2. The summed E-state index contributed by atoms with van der Waals surface area (Å²) in [7, 11) is 0. The molecule has 1 N–H and O–H groups in total. The highest BCUT2D eigenvalue weighted by Crippen LogP contribution is 2.22. The van der Waals surface area contributed by atoms with Gasteiger partial charge in [-0.1, -0.05) is 19.1 Å². The first-order valence-electron chi connectivity index (χ1n) is 7.57. The second-order valence-electron chi connectivity index (χ2n) is 5.54. The largest absolute Gasteiger partial charge is 0.353 e. The van der Waals surface area contributed by atoms with Crippen molar-refractivity contribution in [3.63, 3.8) is 0 Å². The van der Waals surface area contributed by atoms with Crippen LogP contribution < -0.4 is 5.32 Å². The molecule has 2 heterocycles. The Kier molecular flexibility index (Phi) is 3.85. The van der Waals surface area contributed by atoms with Crippen molar-refractivity contribution in [3.05, 3.63) is 35.4 Å². The molecule has 0 saturated carbocycles. The fourth-order valence-electron chi connectivity index (χ4n) is 3.03. The molecular weight excluding hydrogens is 298 g/mol. The highest BCUT2D eigenvalue weighted by molar-refractivity contribution is 6.22. The molecule has 1 aromatic rings. The lowest BCUT2D eigenvalue weighted by Crippen LogP contribution is -2.58. The Labute approximate surface area is 133 Å². The molecule has 2 aliphatic rings. The molecule has 0 aliphatic carbocycles. The lowest BCUT2D eigenvalue weighted by Gasteiger charge is -2.35. The van der Waals surface area contributed by atoms with E-state index in [1.807, 2.05) is 6.92 Å². The average Bonchev–Trinajstić information content (AvgIpc) is 2.80. The molecule has 0 radical (unpaired) electrons. The number of benzene rings is 1. The summed E-state index contributed by atoms with van der Waals surface area (Å²) in [6.45, 7) is 2.24. The molecule has 0 aromatic heterocycles. The van der Waals surface area contributed by atoms with E-state index in [4.69, 9.17) is 0 Å². The highest BCUT2D eigenvalue weighted by Gasteiger charge is 2.39. The monoisotopic (exact) mass is 315 g/mol. The number of hydrogen-bond donors (Lipinski definition) is 1. The third kappa shape index (κ3) is 2.48. The maximum atomic E-state index is 12.5. The predicted octanol–water partition coefficient (Wildman–Crippen LogP) is 0.0196. The van der Waals surface area contributed by atoms with E-state index in [0.29, 0.717) is 30.6 Å². The van der Waals surface area contributed by atoms with Crippen LogP contribution in [0.5, 0.6) is 0 Å². The molecule has 3 rings (SSSR count). The van der Waals surface area contributed by atoms with Crippen molar-refractivity contribution in [1.29, 1.82) is 0 Å². The minimum atomic E-state index is -0.550. The molecule has 1 atom stereocenters. The van der Waals surface area contributed by atoms with Gasteiger partial charge in [0, 0.05) is 13.1 Å².